The summed E-state index contributed by atoms with van der Waals surface area (Å²) in [7, 11) is 0. The Morgan fingerprint density at radius 3 is 2.40 bits per heavy atom. The number of para-hydroxylation sites is 1. The molecule has 2 nitrogen and oxygen atoms in total. The van der Waals surface area contributed by atoms with Crippen LogP contribution in [0, 0.1) is 0 Å². The van der Waals surface area contributed by atoms with Gasteiger partial charge in [0, 0.05) is 21.5 Å². The summed E-state index contributed by atoms with van der Waals surface area (Å²) in [6, 6.07) is 15.6. The second-order valence-electron chi connectivity index (χ2n) is 4.62. The highest BCUT2D eigenvalue weighted by molar-refractivity contribution is 6.32. The summed E-state index contributed by atoms with van der Waals surface area (Å²) in [5.41, 5.74) is 2.76. The minimum absolute atomic E-state index is 0.0745. The van der Waals surface area contributed by atoms with Crippen LogP contribution < -0.4 is 0 Å². The molecule has 1 aromatic heterocycles. The lowest BCUT2D eigenvalue weighted by Gasteiger charge is -2.09. The quantitative estimate of drug-likeness (QED) is 0.758. The molecule has 0 bridgehead atoms. The van der Waals surface area contributed by atoms with Crippen molar-refractivity contribution in [2.75, 3.05) is 0 Å². The van der Waals surface area contributed by atoms with Crippen molar-refractivity contribution >= 4 is 34.1 Å². The predicted octanol–water partition coefficient (Wildman–Crippen LogP) is 4.49. The van der Waals surface area contributed by atoms with Gasteiger partial charge in [0.15, 0.2) is 0 Å². The molecule has 0 amide bonds. The van der Waals surface area contributed by atoms with Crippen LogP contribution >= 0.6 is 23.2 Å². The molecule has 0 unspecified atom stereocenters. The van der Waals surface area contributed by atoms with Crippen molar-refractivity contribution in [3.8, 4) is 0 Å². The van der Waals surface area contributed by atoms with E-state index in [0.29, 0.717) is 16.7 Å². The highest BCUT2D eigenvalue weighted by atomic mass is 35.5. The summed E-state index contributed by atoms with van der Waals surface area (Å²) in [4.78, 5) is 0. The summed E-state index contributed by atoms with van der Waals surface area (Å²) in [6.07, 6.45) is 0. The Labute approximate surface area is 127 Å². The number of hydrogen-bond donors (Lipinski definition) is 1. The molecule has 0 aliphatic rings. The molecule has 0 fully saturated rings. The average Bonchev–Trinajstić information content (AvgIpc) is 2.74. The molecule has 1 N–H and O–H groups in total. The molecule has 3 rings (SSSR count). The van der Waals surface area contributed by atoms with Crippen molar-refractivity contribution in [2.45, 2.75) is 13.2 Å². The van der Waals surface area contributed by atoms with Gasteiger partial charge in [0.2, 0.25) is 0 Å². The van der Waals surface area contributed by atoms with Crippen LogP contribution in [-0.2, 0) is 13.2 Å². The Bertz CT molecular complexity index is 764. The Morgan fingerprint density at radius 1 is 0.950 bits per heavy atom. The molecule has 20 heavy (non-hydrogen) atoms. The van der Waals surface area contributed by atoms with Crippen molar-refractivity contribution in [1.82, 2.24) is 4.57 Å². The van der Waals surface area contributed by atoms with Crippen LogP contribution in [0.5, 0.6) is 0 Å². The van der Waals surface area contributed by atoms with E-state index < -0.39 is 0 Å². The monoisotopic (exact) mass is 305 g/mol. The summed E-state index contributed by atoms with van der Waals surface area (Å²) < 4.78 is 1.98. The zero-order valence-electron chi connectivity index (χ0n) is 10.7. The third kappa shape index (κ3) is 2.20. The number of benzene rings is 2. The van der Waals surface area contributed by atoms with E-state index in [1.165, 1.54) is 0 Å². The first-order chi connectivity index (χ1) is 9.72. The van der Waals surface area contributed by atoms with Crippen LogP contribution in [0.25, 0.3) is 10.9 Å². The third-order valence-electron chi connectivity index (χ3n) is 3.45. The maximum atomic E-state index is 9.53. The predicted molar refractivity (Wildman–Crippen MR) is 83.4 cm³/mol. The van der Waals surface area contributed by atoms with E-state index in [0.717, 1.165) is 22.0 Å². The molecule has 0 saturated carbocycles. The average molecular weight is 306 g/mol. The first-order valence-electron chi connectivity index (χ1n) is 6.32. The molecule has 0 spiro atoms. The van der Waals surface area contributed by atoms with Crippen LogP contribution in [0.3, 0.4) is 0 Å². The molecule has 102 valence electrons. The maximum Gasteiger partial charge on any atom is 0.115 e. The molecular formula is C16H13Cl2NO. The first-order valence-corrected chi connectivity index (χ1v) is 7.08. The van der Waals surface area contributed by atoms with Gasteiger partial charge in [-0.25, -0.2) is 0 Å². The minimum atomic E-state index is -0.0745. The number of rotatable bonds is 3. The number of aliphatic hydroxyl groups excluding tert-OH is 1. The Balaban J connectivity index is 2.17. The lowest BCUT2D eigenvalue weighted by Crippen LogP contribution is -2.00. The second kappa shape index (κ2) is 5.49. The SMILES string of the molecule is OCc1c(Cl)n(Cc2ccccc2Cl)c2ccccc12. The number of halogens is 2. The molecule has 2 aromatic carbocycles. The van der Waals surface area contributed by atoms with E-state index >= 15 is 0 Å². The van der Waals surface area contributed by atoms with Gasteiger partial charge < -0.3 is 9.67 Å². The summed E-state index contributed by atoms with van der Waals surface area (Å²) in [5, 5.41) is 11.8. The van der Waals surface area contributed by atoms with Gasteiger partial charge in [-0.05, 0) is 17.7 Å². The standard InChI is InChI=1S/C16H13Cl2NO/c17-14-7-3-1-5-11(14)9-19-15-8-4-2-6-12(15)13(10-20)16(19)18/h1-8,20H,9-10H2. The summed E-state index contributed by atoms with van der Waals surface area (Å²) in [6.45, 7) is 0.508. The van der Waals surface area contributed by atoms with E-state index in [1.54, 1.807) is 0 Å². The fourth-order valence-corrected chi connectivity index (χ4v) is 2.95. The van der Waals surface area contributed by atoms with E-state index in [9.17, 15) is 5.11 Å². The van der Waals surface area contributed by atoms with Crippen LogP contribution in [0.2, 0.25) is 10.2 Å². The Hall–Kier alpha value is -1.48. The highest BCUT2D eigenvalue weighted by Crippen LogP contribution is 2.31. The molecular weight excluding hydrogens is 293 g/mol. The van der Waals surface area contributed by atoms with Gasteiger partial charge in [0.05, 0.1) is 13.2 Å². The molecule has 0 aliphatic carbocycles. The smallest absolute Gasteiger partial charge is 0.115 e. The van der Waals surface area contributed by atoms with Gasteiger partial charge >= 0.3 is 0 Å². The van der Waals surface area contributed by atoms with Crippen LogP contribution in [0.4, 0.5) is 0 Å². The van der Waals surface area contributed by atoms with Crippen molar-refractivity contribution in [1.29, 1.82) is 0 Å². The van der Waals surface area contributed by atoms with E-state index in [4.69, 9.17) is 23.2 Å². The fourth-order valence-electron chi connectivity index (χ4n) is 2.45. The zero-order chi connectivity index (χ0) is 14.1. The Morgan fingerprint density at radius 2 is 1.65 bits per heavy atom. The molecule has 3 aromatic rings. The highest BCUT2D eigenvalue weighted by Gasteiger charge is 2.15. The van der Waals surface area contributed by atoms with E-state index in [-0.39, 0.29) is 6.61 Å². The van der Waals surface area contributed by atoms with Crippen molar-refractivity contribution in [2.24, 2.45) is 0 Å². The van der Waals surface area contributed by atoms with Gasteiger partial charge in [-0.15, -0.1) is 0 Å². The van der Waals surface area contributed by atoms with Gasteiger partial charge in [-0.3, -0.25) is 0 Å². The number of aliphatic hydroxyl groups is 1. The van der Waals surface area contributed by atoms with Crippen LogP contribution in [-0.4, -0.2) is 9.67 Å². The van der Waals surface area contributed by atoms with Crippen LogP contribution in [0.15, 0.2) is 48.5 Å². The second-order valence-corrected chi connectivity index (χ2v) is 5.39. The molecule has 0 atom stereocenters. The summed E-state index contributed by atoms with van der Waals surface area (Å²) in [5.74, 6) is 0. The maximum absolute atomic E-state index is 9.53. The number of hydrogen-bond acceptors (Lipinski definition) is 1. The van der Waals surface area contributed by atoms with Crippen molar-refractivity contribution < 1.29 is 5.11 Å². The topological polar surface area (TPSA) is 25.2 Å². The minimum Gasteiger partial charge on any atom is -0.392 e. The van der Waals surface area contributed by atoms with Crippen molar-refractivity contribution in [3.05, 3.63) is 69.8 Å². The lowest BCUT2D eigenvalue weighted by molar-refractivity contribution is 0.283. The third-order valence-corrected chi connectivity index (χ3v) is 4.25. The van der Waals surface area contributed by atoms with Crippen LogP contribution in [0.1, 0.15) is 11.1 Å². The van der Waals surface area contributed by atoms with E-state index in [1.807, 2.05) is 53.1 Å². The van der Waals surface area contributed by atoms with Gasteiger partial charge in [0.25, 0.3) is 0 Å². The van der Waals surface area contributed by atoms with Gasteiger partial charge in [-0.2, -0.15) is 0 Å². The van der Waals surface area contributed by atoms with E-state index in [2.05, 4.69) is 0 Å². The first kappa shape index (κ1) is 13.5. The van der Waals surface area contributed by atoms with Gasteiger partial charge in [0.1, 0.15) is 5.15 Å². The molecule has 0 radical (unpaired) electrons. The normalized spacial score (nSPS) is 11.2. The summed E-state index contributed by atoms with van der Waals surface area (Å²) >= 11 is 12.6. The van der Waals surface area contributed by atoms with Gasteiger partial charge in [-0.1, -0.05) is 59.6 Å². The largest absolute Gasteiger partial charge is 0.392 e. The molecule has 1 heterocycles. The number of aromatic nitrogens is 1. The number of nitrogens with zero attached hydrogens (tertiary/aromatic N) is 1. The fraction of sp³-hybridized carbons (Fsp3) is 0.125. The number of fused-ring (bicyclic) bond motifs is 1. The Kier molecular flexibility index (Phi) is 3.70. The van der Waals surface area contributed by atoms with Crippen molar-refractivity contribution in [3.63, 3.8) is 0 Å². The molecule has 0 saturated heterocycles. The molecule has 4 heteroatoms. The molecule has 0 aliphatic heterocycles. The lowest BCUT2D eigenvalue weighted by atomic mass is 10.2. The zero-order valence-corrected chi connectivity index (χ0v) is 12.2.